The minimum atomic E-state index is -0.600. The highest BCUT2D eigenvalue weighted by Gasteiger charge is 2.31. The lowest BCUT2D eigenvalue weighted by Crippen LogP contribution is -2.40. The molecule has 1 aromatic carbocycles. The Balaban J connectivity index is 1.53. The molecule has 6 nitrogen and oxygen atoms in total. The van der Waals surface area contributed by atoms with Gasteiger partial charge in [-0.1, -0.05) is 30.3 Å². The Hall–Kier alpha value is -2.60. The van der Waals surface area contributed by atoms with E-state index in [1.165, 1.54) is 0 Å². The van der Waals surface area contributed by atoms with Crippen LogP contribution >= 0.6 is 0 Å². The molecule has 1 aromatic heterocycles. The second-order valence-corrected chi connectivity index (χ2v) is 6.45. The van der Waals surface area contributed by atoms with E-state index in [1.807, 2.05) is 44.2 Å². The van der Waals surface area contributed by atoms with Crippen molar-refractivity contribution < 1.29 is 14.6 Å². The zero-order chi connectivity index (χ0) is 17.8. The van der Waals surface area contributed by atoms with Crippen LogP contribution in [-0.2, 0) is 13.0 Å². The highest BCUT2D eigenvalue weighted by atomic mass is 16.5. The highest BCUT2D eigenvalue weighted by molar-refractivity contribution is 5.74. The molecule has 0 saturated carbocycles. The van der Waals surface area contributed by atoms with Crippen LogP contribution in [0, 0.1) is 0 Å². The van der Waals surface area contributed by atoms with Crippen LogP contribution in [0.25, 0.3) is 0 Å². The van der Waals surface area contributed by atoms with Gasteiger partial charge in [0.1, 0.15) is 0 Å². The number of carbonyl (C=O) groups is 1. The molecule has 0 unspecified atom stereocenters. The topological polar surface area (TPSA) is 83.5 Å². The Morgan fingerprint density at radius 3 is 2.84 bits per heavy atom. The number of hydrogen-bond acceptors (Lipinski definition) is 4. The molecule has 1 aliphatic carbocycles. The molecule has 3 rings (SSSR count). The number of nitrogens with zero attached hydrogens (tertiary/aromatic N) is 1. The fraction of sp³-hybridized carbons (Fsp3) is 0.368. The van der Waals surface area contributed by atoms with Crippen molar-refractivity contribution in [3.8, 4) is 5.88 Å². The van der Waals surface area contributed by atoms with Gasteiger partial charge in [-0.15, -0.1) is 0 Å². The van der Waals surface area contributed by atoms with Crippen LogP contribution in [0.3, 0.4) is 0 Å². The van der Waals surface area contributed by atoms with Crippen LogP contribution in [0.2, 0.25) is 0 Å². The Morgan fingerprint density at radius 1 is 1.32 bits per heavy atom. The summed E-state index contributed by atoms with van der Waals surface area (Å²) in [4.78, 5) is 16.4. The lowest BCUT2D eigenvalue weighted by molar-refractivity contribution is 0.142. The number of carbonyl (C=O) groups excluding carboxylic acids is 1. The monoisotopic (exact) mass is 341 g/mol. The number of ether oxygens (including phenoxy) is 1. The number of nitrogens with one attached hydrogen (secondary N) is 2. The Morgan fingerprint density at radius 2 is 2.12 bits per heavy atom. The number of fused-ring (bicyclic) bond motifs is 1. The summed E-state index contributed by atoms with van der Waals surface area (Å²) < 4.78 is 5.49. The van der Waals surface area contributed by atoms with E-state index in [4.69, 9.17) is 4.74 Å². The van der Waals surface area contributed by atoms with Crippen molar-refractivity contribution in [2.24, 2.45) is 0 Å². The van der Waals surface area contributed by atoms with Gasteiger partial charge in [0.15, 0.2) is 0 Å². The third kappa shape index (κ3) is 4.28. The summed E-state index contributed by atoms with van der Waals surface area (Å²) in [6, 6.07) is 10.7. The first-order valence-corrected chi connectivity index (χ1v) is 8.44. The SMILES string of the molecule is CC(C)Oc1ccc(CNC(=O)N[C@H]2c3ccccc3C[C@H]2O)cn1. The average Bonchev–Trinajstić information content (AvgIpc) is 2.89. The molecule has 0 bridgehead atoms. The van der Waals surface area contributed by atoms with Crippen molar-refractivity contribution in [1.82, 2.24) is 15.6 Å². The zero-order valence-corrected chi connectivity index (χ0v) is 14.4. The van der Waals surface area contributed by atoms with E-state index in [1.54, 1.807) is 12.3 Å². The molecule has 2 aromatic rings. The third-order valence-electron chi connectivity index (χ3n) is 4.10. The maximum absolute atomic E-state index is 12.2. The number of amides is 2. The van der Waals surface area contributed by atoms with Gasteiger partial charge in [-0.2, -0.15) is 0 Å². The summed E-state index contributed by atoms with van der Waals surface area (Å²) in [5.41, 5.74) is 2.92. The number of pyridine rings is 1. The van der Waals surface area contributed by atoms with E-state index in [2.05, 4.69) is 15.6 Å². The van der Waals surface area contributed by atoms with Gasteiger partial charge in [0.25, 0.3) is 0 Å². The Labute approximate surface area is 147 Å². The smallest absolute Gasteiger partial charge is 0.315 e. The molecule has 25 heavy (non-hydrogen) atoms. The number of aromatic nitrogens is 1. The molecule has 3 N–H and O–H groups in total. The minimum Gasteiger partial charge on any atom is -0.475 e. The maximum atomic E-state index is 12.2. The number of rotatable bonds is 5. The quantitative estimate of drug-likeness (QED) is 0.779. The van der Waals surface area contributed by atoms with E-state index in [-0.39, 0.29) is 18.2 Å². The van der Waals surface area contributed by atoms with Gasteiger partial charge in [-0.25, -0.2) is 9.78 Å². The van der Waals surface area contributed by atoms with Gasteiger partial charge < -0.3 is 20.5 Å². The Kier molecular flexibility index (Phi) is 5.19. The molecular formula is C19H23N3O3. The van der Waals surface area contributed by atoms with Crippen molar-refractivity contribution in [3.63, 3.8) is 0 Å². The normalized spacial score (nSPS) is 18.7. The summed E-state index contributed by atoms with van der Waals surface area (Å²) in [6.45, 7) is 4.24. The predicted octanol–water partition coefficient (Wildman–Crippen LogP) is 2.33. The molecular weight excluding hydrogens is 318 g/mol. The van der Waals surface area contributed by atoms with Gasteiger partial charge in [0.05, 0.1) is 18.2 Å². The summed E-state index contributed by atoms with van der Waals surface area (Å²) in [7, 11) is 0. The standard InChI is InChI=1S/C19H23N3O3/c1-12(2)25-17-8-7-13(10-20-17)11-21-19(24)22-18-15-6-4-3-5-14(15)9-16(18)23/h3-8,10,12,16,18,23H,9,11H2,1-2H3,(H2,21,22,24)/t16-,18+/m1/s1. The van der Waals surface area contributed by atoms with Crippen molar-refractivity contribution in [2.75, 3.05) is 0 Å². The molecule has 0 aliphatic heterocycles. The van der Waals surface area contributed by atoms with E-state index in [9.17, 15) is 9.90 Å². The Bertz CT molecular complexity index is 731. The average molecular weight is 341 g/mol. The van der Waals surface area contributed by atoms with Gasteiger partial charge >= 0.3 is 6.03 Å². The van der Waals surface area contributed by atoms with E-state index in [0.29, 0.717) is 18.8 Å². The zero-order valence-electron chi connectivity index (χ0n) is 14.4. The van der Waals surface area contributed by atoms with Gasteiger partial charge in [0, 0.05) is 25.2 Å². The molecule has 132 valence electrons. The van der Waals surface area contributed by atoms with E-state index in [0.717, 1.165) is 16.7 Å². The van der Waals surface area contributed by atoms with E-state index >= 15 is 0 Å². The fourth-order valence-electron chi connectivity index (χ4n) is 2.95. The van der Waals surface area contributed by atoms with Gasteiger partial charge in [0.2, 0.25) is 5.88 Å². The third-order valence-corrected chi connectivity index (χ3v) is 4.10. The second kappa shape index (κ2) is 7.53. The fourth-order valence-corrected chi connectivity index (χ4v) is 2.95. The van der Waals surface area contributed by atoms with Crippen LogP contribution in [0.5, 0.6) is 5.88 Å². The first-order valence-electron chi connectivity index (χ1n) is 8.44. The van der Waals surface area contributed by atoms with Crippen LogP contribution in [-0.4, -0.2) is 28.3 Å². The first-order chi connectivity index (χ1) is 12.0. The summed E-state index contributed by atoms with van der Waals surface area (Å²) in [5, 5.41) is 15.8. The van der Waals surface area contributed by atoms with Crippen molar-refractivity contribution in [2.45, 2.75) is 45.1 Å². The van der Waals surface area contributed by atoms with Crippen LogP contribution in [0.4, 0.5) is 4.79 Å². The van der Waals surface area contributed by atoms with Crippen molar-refractivity contribution in [1.29, 1.82) is 0 Å². The van der Waals surface area contributed by atoms with Crippen LogP contribution < -0.4 is 15.4 Å². The van der Waals surface area contributed by atoms with E-state index < -0.39 is 6.10 Å². The summed E-state index contributed by atoms with van der Waals surface area (Å²) in [5.74, 6) is 0.564. The molecule has 1 heterocycles. The number of benzene rings is 1. The van der Waals surface area contributed by atoms with Crippen LogP contribution in [0.1, 0.15) is 36.6 Å². The highest BCUT2D eigenvalue weighted by Crippen LogP contribution is 2.31. The summed E-state index contributed by atoms with van der Waals surface area (Å²) >= 11 is 0. The lowest BCUT2D eigenvalue weighted by Gasteiger charge is -2.18. The van der Waals surface area contributed by atoms with Crippen molar-refractivity contribution in [3.05, 3.63) is 59.3 Å². The first kappa shape index (κ1) is 17.2. The van der Waals surface area contributed by atoms with Gasteiger partial charge in [-0.05, 0) is 30.5 Å². The molecule has 2 atom stereocenters. The predicted molar refractivity (Wildman–Crippen MR) is 94.3 cm³/mol. The number of aliphatic hydroxyl groups is 1. The molecule has 2 amide bonds. The maximum Gasteiger partial charge on any atom is 0.315 e. The number of urea groups is 1. The lowest BCUT2D eigenvalue weighted by atomic mass is 10.1. The van der Waals surface area contributed by atoms with Crippen LogP contribution in [0.15, 0.2) is 42.6 Å². The van der Waals surface area contributed by atoms with Crippen molar-refractivity contribution >= 4 is 6.03 Å². The minimum absolute atomic E-state index is 0.0722. The molecule has 0 saturated heterocycles. The molecule has 0 fully saturated rings. The number of hydrogen-bond donors (Lipinski definition) is 3. The van der Waals surface area contributed by atoms with Gasteiger partial charge in [-0.3, -0.25) is 0 Å². The number of aliphatic hydroxyl groups excluding tert-OH is 1. The largest absolute Gasteiger partial charge is 0.475 e. The molecule has 1 aliphatic rings. The second-order valence-electron chi connectivity index (χ2n) is 6.45. The molecule has 6 heteroatoms. The molecule has 0 spiro atoms. The summed E-state index contributed by atoms with van der Waals surface area (Å²) in [6.07, 6.45) is 1.71. The molecule has 0 radical (unpaired) electrons.